The van der Waals surface area contributed by atoms with Crippen molar-refractivity contribution < 1.29 is 0 Å². The van der Waals surface area contributed by atoms with E-state index in [1.54, 1.807) is 5.56 Å². The summed E-state index contributed by atoms with van der Waals surface area (Å²) in [5.41, 5.74) is 22.8. The third-order valence-electron chi connectivity index (χ3n) is 17.0. The molecule has 67 heavy (non-hydrogen) atoms. The van der Waals surface area contributed by atoms with E-state index >= 15 is 0 Å². The molecule has 0 N–H and O–H groups in total. The van der Waals surface area contributed by atoms with E-state index < -0.39 is 0 Å². The van der Waals surface area contributed by atoms with Crippen LogP contribution in [0.25, 0.3) is 22.3 Å². The quantitative estimate of drug-likeness (QED) is 0.150. The third kappa shape index (κ3) is 6.97. The molecule has 0 atom stereocenters. The molecule has 0 radical (unpaired) electrons. The molecule has 8 bridgehead atoms. The van der Waals surface area contributed by atoms with E-state index in [0.717, 1.165) is 43.4 Å². The molecule has 9 aliphatic carbocycles. The van der Waals surface area contributed by atoms with E-state index in [9.17, 15) is 0 Å². The lowest BCUT2D eigenvalue weighted by molar-refractivity contribution is -0.00518. The Morgan fingerprint density at radius 3 is 1.48 bits per heavy atom. The van der Waals surface area contributed by atoms with Crippen molar-refractivity contribution in [3.8, 4) is 22.3 Å². The van der Waals surface area contributed by atoms with Crippen molar-refractivity contribution in [3.63, 3.8) is 0 Å². The zero-order valence-electron chi connectivity index (χ0n) is 39.1. The molecule has 0 amide bonds. The fourth-order valence-electron chi connectivity index (χ4n) is 14.1. The average Bonchev–Trinajstić information content (AvgIpc) is 3.59. The topological polar surface area (TPSA) is 6.48 Å². The maximum Gasteiger partial charge on any atom is 0.0496 e. The largest absolute Gasteiger partial charge is 0.310 e. The van der Waals surface area contributed by atoms with Crippen LogP contribution in [-0.4, -0.2) is 0 Å². The molecule has 0 spiro atoms. The summed E-state index contributed by atoms with van der Waals surface area (Å²) in [6, 6.07) is 71.8. The molecule has 8 aromatic rings. The lowest BCUT2D eigenvalue weighted by atomic mass is 9.48. The number of fused-ring (bicyclic) bond motifs is 3. The first-order valence-electron chi connectivity index (χ1n) is 25.3. The monoisotopic (exact) mass is 868 g/mol. The number of benzene rings is 8. The Kier molecular flexibility index (Phi) is 9.71. The van der Waals surface area contributed by atoms with E-state index in [1.165, 1.54) is 128 Å². The highest BCUT2D eigenvalue weighted by atomic mass is 15.2. The van der Waals surface area contributed by atoms with E-state index in [2.05, 4.69) is 212 Å². The number of hydrogen-bond acceptors (Lipinski definition) is 2. The molecule has 0 unspecified atom stereocenters. The molecule has 4 fully saturated rings. The Labute approximate surface area is 398 Å². The van der Waals surface area contributed by atoms with Gasteiger partial charge in [0.05, 0.1) is 0 Å². The Bertz CT molecular complexity index is 3090. The summed E-state index contributed by atoms with van der Waals surface area (Å²) in [5.74, 6) is 2.82. The second kappa shape index (κ2) is 16.0. The van der Waals surface area contributed by atoms with Crippen molar-refractivity contribution in [2.75, 3.05) is 9.80 Å². The molecule has 4 saturated carbocycles. The van der Waals surface area contributed by atoms with Crippen LogP contribution in [0.2, 0.25) is 0 Å². The highest BCUT2D eigenvalue weighted by Crippen LogP contribution is 2.61. The van der Waals surface area contributed by atoms with Gasteiger partial charge < -0.3 is 9.80 Å². The van der Waals surface area contributed by atoms with Gasteiger partial charge in [0, 0.05) is 39.5 Å². The molecule has 8 aromatic carbocycles. The summed E-state index contributed by atoms with van der Waals surface area (Å²) in [4.78, 5) is 5.09. The van der Waals surface area contributed by atoms with Gasteiger partial charge in [0.2, 0.25) is 0 Å². The fraction of sp³-hybridized carbons (Fsp3) is 0.262. The van der Waals surface area contributed by atoms with Crippen molar-refractivity contribution in [2.45, 2.75) is 88.9 Å². The van der Waals surface area contributed by atoms with Crippen LogP contribution in [0.15, 0.2) is 188 Å². The minimum atomic E-state index is -0.150. The number of rotatable bonds is 8. The molecule has 0 heterocycles. The first-order valence-corrected chi connectivity index (χ1v) is 25.3. The Balaban J connectivity index is 0.864. The van der Waals surface area contributed by atoms with Crippen LogP contribution in [0.4, 0.5) is 34.1 Å². The van der Waals surface area contributed by atoms with Crippen LogP contribution in [0, 0.1) is 17.8 Å². The molecule has 330 valence electrons. The van der Waals surface area contributed by atoms with Crippen molar-refractivity contribution >= 4 is 34.1 Å². The third-order valence-corrected chi connectivity index (χ3v) is 17.0. The fourth-order valence-corrected chi connectivity index (χ4v) is 14.1. The van der Waals surface area contributed by atoms with Crippen LogP contribution < -0.4 is 9.80 Å². The SMILES string of the molecule is CC1(C)c2cc(N(c3ccccc3)c3cc4ccc3CCc3ccc(c(N(c5ccccc5)c5ccc(C67CC8CC(CC(C8)C6)C7)cc5)c3)CC4)ccc2-c2c(-c3ccccc3)cccc21. The molecule has 17 rings (SSSR count). The first-order chi connectivity index (χ1) is 32.9. The van der Waals surface area contributed by atoms with Gasteiger partial charge in [-0.25, -0.2) is 0 Å². The van der Waals surface area contributed by atoms with Gasteiger partial charge in [0.25, 0.3) is 0 Å². The summed E-state index contributed by atoms with van der Waals surface area (Å²) in [7, 11) is 0. The Morgan fingerprint density at radius 1 is 0.403 bits per heavy atom. The highest BCUT2D eigenvalue weighted by Gasteiger charge is 2.51. The van der Waals surface area contributed by atoms with Gasteiger partial charge in [0.15, 0.2) is 0 Å². The van der Waals surface area contributed by atoms with E-state index in [-0.39, 0.29) is 5.41 Å². The molecule has 0 aliphatic heterocycles. The predicted octanol–water partition coefficient (Wildman–Crippen LogP) is 17.0. The summed E-state index contributed by atoms with van der Waals surface area (Å²) in [6.45, 7) is 4.81. The van der Waals surface area contributed by atoms with Crippen LogP contribution in [0.5, 0.6) is 0 Å². The van der Waals surface area contributed by atoms with E-state index in [1.807, 2.05) is 0 Å². The predicted molar refractivity (Wildman–Crippen MR) is 280 cm³/mol. The van der Waals surface area contributed by atoms with Gasteiger partial charge in [-0.15, -0.1) is 0 Å². The van der Waals surface area contributed by atoms with Gasteiger partial charge in [-0.3, -0.25) is 0 Å². The molecule has 0 aromatic heterocycles. The average molecular weight is 869 g/mol. The molecule has 2 heteroatoms. The second-order valence-electron chi connectivity index (χ2n) is 21.5. The maximum absolute atomic E-state index is 2.55. The first kappa shape index (κ1) is 40.6. The summed E-state index contributed by atoms with van der Waals surface area (Å²) in [6.07, 6.45) is 12.4. The van der Waals surface area contributed by atoms with E-state index in [0.29, 0.717) is 5.41 Å². The van der Waals surface area contributed by atoms with Crippen LogP contribution in [-0.2, 0) is 36.5 Å². The van der Waals surface area contributed by atoms with Crippen molar-refractivity contribution in [3.05, 3.63) is 227 Å². The van der Waals surface area contributed by atoms with Crippen molar-refractivity contribution in [1.29, 1.82) is 0 Å². The molecule has 0 saturated heterocycles. The van der Waals surface area contributed by atoms with E-state index in [4.69, 9.17) is 0 Å². The minimum Gasteiger partial charge on any atom is -0.310 e. The van der Waals surface area contributed by atoms with Gasteiger partial charge in [-0.2, -0.15) is 0 Å². The summed E-state index contributed by atoms with van der Waals surface area (Å²) in [5, 5.41) is 0. The molecule has 2 nitrogen and oxygen atoms in total. The maximum atomic E-state index is 2.55. The molecular weight excluding hydrogens is 809 g/mol. The summed E-state index contributed by atoms with van der Waals surface area (Å²) < 4.78 is 0. The zero-order valence-corrected chi connectivity index (χ0v) is 39.1. The lowest BCUT2D eigenvalue weighted by Gasteiger charge is -2.57. The van der Waals surface area contributed by atoms with Crippen LogP contribution in [0.1, 0.15) is 91.3 Å². The van der Waals surface area contributed by atoms with Crippen molar-refractivity contribution in [2.24, 2.45) is 17.8 Å². The van der Waals surface area contributed by atoms with Gasteiger partial charge >= 0.3 is 0 Å². The van der Waals surface area contributed by atoms with Gasteiger partial charge in [0.1, 0.15) is 0 Å². The van der Waals surface area contributed by atoms with Crippen LogP contribution >= 0.6 is 0 Å². The Morgan fingerprint density at radius 2 is 0.910 bits per heavy atom. The van der Waals surface area contributed by atoms with Crippen molar-refractivity contribution in [1.82, 2.24) is 0 Å². The Hall–Kier alpha value is -6.64. The van der Waals surface area contributed by atoms with Crippen LogP contribution in [0.3, 0.4) is 0 Å². The number of anilines is 6. The normalized spacial score (nSPS) is 21.6. The minimum absolute atomic E-state index is 0.150. The number of aryl methyl sites for hydroxylation is 4. The zero-order chi connectivity index (χ0) is 44.7. The summed E-state index contributed by atoms with van der Waals surface area (Å²) >= 11 is 0. The molecular formula is C65H60N2. The van der Waals surface area contributed by atoms with Gasteiger partial charge in [-0.1, -0.05) is 141 Å². The second-order valence-corrected chi connectivity index (χ2v) is 21.5. The number of nitrogens with zero attached hydrogens (tertiary/aromatic N) is 2. The number of hydrogen-bond donors (Lipinski definition) is 0. The standard InChI is InChI=1S/C65H60N2/c1-64(2)59-20-12-19-57(49-13-6-3-7-14-49)63(59)58-34-33-56(40-60(58)64)67(54-17-10-5-11-18-54)62-39-45-22-26-50-25-21-44(23-27-51(62)28-24-45)38-61(50)66(53-15-8-4-9-16-53)55-31-29-52(30-32-55)65-41-46-35-47(42-65)37-48(36-46)43-65/h3-21,24-25,28-34,38-40,46-48H,22-23,26-27,35-37,41-43H2,1-2H3. The molecule has 9 aliphatic rings. The smallest absolute Gasteiger partial charge is 0.0496 e. The lowest BCUT2D eigenvalue weighted by Crippen LogP contribution is -2.48. The number of para-hydroxylation sites is 2. The van der Waals surface area contributed by atoms with Gasteiger partial charge in [-0.05, 0) is 209 Å². The highest BCUT2D eigenvalue weighted by molar-refractivity contribution is 5.94.